The summed E-state index contributed by atoms with van der Waals surface area (Å²) >= 11 is 8.85. The summed E-state index contributed by atoms with van der Waals surface area (Å²) in [5.41, 5.74) is 2.29. The summed E-state index contributed by atoms with van der Waals surface area (Å²) in [5, 5.41) is 7.25. The average molecular weight is 326 g/mol. The molecule has 1 heterocycles. The largest absolute Gasteiger partial charge is 0.300 e. The van der Waals surface area contributed by atoms with E-state index >= 15 is 0 Å². The van der Waals surface area contributed by atoms with Crippen molar-refractivity contribution in [3.05, 3.63) is 33.0 Å². The zero-order chi connectivity index (χ0) is 13.3. The number of rotatable bonds is 3. The number of aromatic nitrogens is 3. The molecule has 3 nitrogen and oxygen atoms in total. The van der Waals surface area contributed by atoms with E-state index in [4.69, 9.17) is 12.2 Å². The first-order chi connectivity index (χ1) is 8.50. The molecule has 0 unspecified atom stereocenters. The number of nitrogens with one attached hydrogen (secondary N) is 1. The maximum atomic E-state index is 5.30. The molecule has 0 bridgehead atoms. The highest BCUT2D eigenvalue weighted by molar-refractivity contribution is 9.10. The molecule has 0 aliphatic carbocycles. The monoisotopic (exact) mass is 325 g/mol. The number of benzene rings is 1. The summed E-state index contributed by atoms with van der Waals surface area (Å²) < 4.78 is 3.83. The van der Waals surface area contributed by atoms with Gasteiger partial charge in [-0.2, -0.15) is 5.10 Å². The smallest absolute Gasteiger partial charge is 0.195 e. The molecule has 1 N–H and O–H groups in total. The van der Waals surface area contributed by atoms with Gasteiger partial charge in [0.25, 0.3) is 0 Å². The molecule has 0 spiro atoms. The lowest BCUT2D eigenvalue weighted by atomic mass is 10.1. The quantitative estimate of drug-likeness (QED) is 0.852. The fourth-order valence-electron chi connectivity index (χ4n) is 1.91. The fraction of sp³-hybridized carbons (Fsp3) is 0.385. The van der Waals surface area contributed by atoms with E-state index in [0.717, 1.165) is 22.4 Å². The number of hydrogen-bond acceptors (Lipinski definition) is 2. The number of nitrogens with zero attached hydrogens (tertiary/aromatic N) is 2. The van der Waals surface area contributed by atoms with Crippen LogP contribution in [0.25, 0.3) is 11.4 Å². The van der Waals surface area contributed by atoms with Gasteiger partial charge in [-0.05, 0) is 36.7 Å². The first-order valence-electron chi connectivity index (χ1n) is 5.91. The van der Waals surface area contributed by atoms with Crippen molar-refractivity contribution in [2.24, 2.45) is 5.92 Å². The minimum absolute atomic E-state index is 0.528. The Bertz CT molecular complexity index is 613. The van der Waals surface area contributed by atoms with Gasteiger partial charge in [0.05, 0.1) is 0 Å². The molecule has 0 fully saturated rings. The first-order valence-corrected chi connectivity index (χ1v) is 7.11. The minimum Gasteiger partial charge on any atom is -0.300 e. The number of H-pyrrole nitrogens is 1. The minimum atomic E-state index is 0.528. The van der Waals surface area contributed by atoms with Gasteiger partial charge in [-0.15, -0.1) is 0 Å². The van der Waals surface area contributed by atoms with Crippen molar-refractivity contribution in [1.29, 1.82) is 0 Å². The summed E-state index contributed by atoms with van der Waals surface area (Å²) in [6, 6.07) is 6.12. The van der Waals surface area contributed by atoms with Gasteiger partial charge in [-0.3, -0.25) is 9.67 Å². The van der Waals surface area contributed by atoms with Crippen molar-refractivity contribution in [3.63, 3.8) is 0 Å². The van der Waals surface area contributed by atoms with Gasteiger partial charge in [-0.25, -0.2) is 0 Å². The topological polar surface area (TPSA) is 33.6 Å². The van der Waals surface area contributed by atoms with E-state index in [1.54, 1.807) is 0 Å². The van der Waals surface area contributed by atoms with Gasteiger partial charge < -0.3 is 0 Å². The highest BCUT2D eigenvalue weighted by Crippen LogP contribution is 2.27. The van der Waals surface area contributed by atoms with Gasteiger partial charge in [0.1, 0.15) is 0 Å². The zero-order valence-corrected chi connectivity index (χ0v) is 13.1. The van der Waals surface area contributed by atoms with Crippen molar-refractivity contribution >= 4 is 28.1 Å². The zero-order valence-electron chi connectivity index (χ0n) is 10.7. The Labute approximate surface area is 120 Å². The van der Waals surface area contributed by atoms with Crippen LogP contribution in [0.1, 0.15) is 19.4 Å². The molecule has 2 rings (SSSR count). The van der Waals surface area contributed by atoms with Crippen molar-refractivity contribution in [3.8, 4) is 11.4 Å². The van der Waals surface area contributed by atoms with Crippen LogP contribution < -0.4 is 0 Å². The summed E-state index contributed by atoms with van der Waals surface area (Å²) in [4.78, 5) is 0. The third-order valence-electron chi connectivity index (χ3n) is 2.81. The Morgan fingerprint density at radius 2 is 2.17 bits per heavy atom. The van der Waals surface area contributed by atoms with Crippen LogP contribution in [-0.2, 0) is 6.54 Å². The van der Waals surface area contributed by atoms with Crippen LogP contribution in [0.15, 0.2) is 22.7 Å². The molecular formula is C13H16BrN3S. The van der Waals surface area contributed by atoms with Crippen molar-refractivity contribution in [2.75, 3.05) is 0 Å². The molecule has 96 valence electrons. The molecule has 2 aromatic rings. The second kappa shape index (κ2) is 5.36. The summed E-state index contributed by atoms with van der Waals surface area (Å²) in [6.07, 6.45) is 0. The van der Waals surface area contributed by atoms with Crippen LogP contribution in [0, 0.1) is 17.6 Å². The Morgan fingerprint density at radius 1 is 1.44 bits per heavy atom. The Balaban J connectivity index is 2.58. The van der Waals surface area contributed by atoms with Crippen molar-refractivity contribution in [1.82, 2.24) is 14.8 Å². The van der Waals surface area contributed by atoms with Gasteiger partial charge in [0.15, 0.2) is 10.6 Å². The van der Waals surface area contributed by atoms with Gasteiger partial charge in [-0.1, -0.05) is 41.9 Å². The van der Waals surface area contributed by atoms with Crippen molar-refractivity contribution < 1.29 is 0 Å². The molecule has 0 saturated heterocycles. The SMILES string of the molecule is Cc1c(Br)cccc1-c1n[nH]c(=S)n1CC(C)C. The van der Waals surface area contributed by atoms with Gasteiger partial charge in [0, 0.05) is 16.6 Å². The van der Waals surface area contributed by atoms with E-state index < -0.39 is 0 Å². The number of aromatic amines is 1. The van der Waals surface area contributed by atoms with E-state index in [1.165, 1.54) is 5.56 Å². The molecule has 1 aromatic carbocycles. The molecule has 0 aliphatic heterocycles. The van der Waals surface area contributed by atoms with E-state index in [1.807, 2.05) is 12.1 Å². The molecule has 0 saturated carbocycles. The lowest BCUT2D eigenvalue weighted by Gasteiger charge is -2.11. The first kappa shape index (κ1) is 13.5. The van der Waals surface area contributed by atoms with Crippen LogP contribution in [0.2, 0.25) is 0 Å². The fourth-order valence-corrected chi connectivity index (χ4v) is 2.48. The van der Waals surface area contributed by atoms with E-state index in [2.05, 4.69) is 57.5 Å². The lowest BCUT2D eigenvalue weighted by Crippen LogP contribution is -2.07. The van der Waals surface area contributed by atoms with E-state index in [-0.39, 0.29) is 0 Å². The molecule has 5 heteroatoms. The third kappa shape index (κ3) is 2.57. The van der Waals surface area contributed by atoms with Gasteiger partial charge in [0.2, 0.25) is 0 Å². The second-order valence-electron chi connectivity index (χ2n) is 4.77. The summed E-state index contributed by atoms with van der Waals surface area (Å²) in [5.74, 6) is 1.44. The Kier molecular flexibility index (Phi) is 4.02. The number of hydrogen-bond donors (Lipinski definition) is 1. The number of halogens is 1. The van der Waals surface area contributed by atoms with Gasteiger partial charge >= 0.3 is 0 Å². The van der Waals surface area contributed by atoms with Crippen LogP contribution in [-0.4, -0.2) is 14.8 Å². The predicted octanol–water partition coefficient (Wildman–Crippen LogP) is 4.33. The average Bonchev–Trinajstić information content (AvgIpc) is 2.64. The summed E-state index contributed by atoms with van der Waals surface area (Å²) in [6.45, 7) is 7.30. The maximum Gasteiger partial charge on any atom is 0.195 e. The molecule has 0 radical (unpaired) electrons. The molecular weight excluding hydrogens is 310 g/mol. The van der Waals surface area contributed by atoms with Crippen LogP contribution in [0.3, 0.4) is 0 Å². The highest BCUT2D eigenvalue weighted by atomic mass is 79.9. The lowest BCUT2D eigenvalue weighted by molar-refractivity contribution is 0.521. The standard InChI is InChI=1S/C13H16BrN3S/c1-8(2)7-17-12(15-16-13(17)18)10-5-4-6-11(14)9(10)3/h4-6,8H,7H2,1-3H3,(H,16,18). The van der Waals surface area contributed by atoms with Crippen LogP contribution in [0.4, 0.5) is 0 Å². The molecule has 18 heavy (non-hydrogen) atoms. The highest BCUT2D eigenvalue weighted by Gasteiger charge is 2.13. The molecule has 0 aliphatic rings. The second-order valence-corrected chi connectivity index (χ2v) is 6.01. The third-order valence-corrected chi connectivity index (χ3v) is 3.99. The normalized spacial score (nSPS) is 11.2. The Hall–Kier alpha value is -0.940. The molecule has 1 aromatic heterocycles. The Morgan fingerprint density at radius 3 is 2.83 bits per heavy atom. The van der Waals surface area contributed by atoms with Crippen molar-refractivity contribution in [2.45, 2.75) is 27.3 Å². The molecule has 0 amide bonds. The summed E-state index contributed by atoms with van der Waals surface area (Å²) in [7, 11) is 0. The molecule has 0 atom stereocenters. The maximum absolute atomic E-state index is 5.30. The van der Waals surface area contributed by atoms with Crippen LogP contribution in [0.5, 0.6) is 0 Å². The van der Waals surface area contributed by atoms with E-state index in [0.29, 0.717) is 10.7 Å². The van der Waals surface area contributed by atoms with E-state index in [9.17, 15) is 0 Å². The predicted molar refractivity (Wildman–Crippen MR) is 80.1 cm³/mol. The van der Waals surface area contributed by atoms with Crippen LogP contribution >= 0.6 is 28.1 Å².